The second-order valence-electron chi connectivity index (χ2n) is 9.19. The number of hydrogen-bond donors (Lipinski definition) is 1. The molecule has 4 aromatic heterocycles. The van der Waals surface area contributed by atoms with Gasteiger partial charge in [0.2, 0.25) is 0 Å². The summed E-state index contributed by atoms with van der Waals surface area (Å²) in [5.74, 6) is 1.45. The SMILES string of the molecule is CN(CCc1cn(-c2cscn2)c2nc(-c3ccc4nc[nH]c4c3)ccc12)C1CCS(=O)(=O)CC1. The molecule has 0 saturated carbocycles. The number of H-pyrrole nitrogens is 1. The molecule has 1 N–H and O–H groups in total. The molecule has 1 aliphatic heterocycles. The lowest BCUT2D eigenvalue weighted by Gasteiger charge is -2.31. The van der Waals surface area contributed by atoms with Crippen molar-refractivity contribution < 1.29 is 8.42 Å². The molecule has 0 aliphatic carbocycles. The fraction of sp³-hybridized carbons (Fsp3) is 0.320. The molecule has 1 fully saturated rings. The van der Waals surface area contributed by atoms with Gasteiger partial charge in [0, 0.05) is 35.1 Å². The maximum Gasteiger partial charge on any atom is 0.150 e. The van der Waals surface area contributed by atoms with Crippen molar-refractivity contribution in [2.75, 3.05) is 25.1 Å². The normalized spacial score (nSPS) is 16.5. The Labute approximate surface area is 207 Å². The molecule has 0 unspecified atom stereocenters. The smallest absolute Gasteiger partial charge is 0.150 e. The summed E-state index contributed by atoms with van der Waals surface area (Å²) in [4.78, 5) is 19.4. The molecular weight excluding hydrogens is 480 g/mol. The van der Waals surface area contributed by atoms with Crippen LogP contribution >= 0.6 is 11.3 Å². The van der Waals surface area contributed by atoms with Crippen molar-refractivity contribution in [3.05, 3.63) is 59.3 Å². The first kappa shape index (κ1) is 22.4. The Hall–Kier alpha value is -3.08. The van der Waals surface area contributed by atoms with E-state index in [1.54, 1.807) is 17.7 Å². The number of hydrogen-bond acceptors (Lipinski definition) is 7. The van der Waals surface area contributed by atoms with Gasteiger partial charge in [-0.05, 0) is 56.1 Å². The largest absolute Gasteiger partial charge is 0.345 e. The quantitative estimate of drug-likeness (QED) is 0.373. The summed E-state index contributed by atoms with van der Waals surface area (Å²) in [6.07, 6.45) is 6.13. The number of aromatic nitrogens is 5. The van der Waals surface area contributed by atoms with Crippen LogP contribution in [0.5, 0.6) is 0 Å². The fourth-order valence-electron chi connectivity index (χ4n) is 4.92. The average Bonchev–Trinajstić information content (AvgIpc) is 3.61. The Kier molecular flexibility index (Phi) is 5.66. The number of likely N-dealkylation sites (N-methyl/N-ethyl adjacent to an activating group) is 1. The van der Waals surface area contributed by atoms with E-state index in [0.29, 0.717) is 30.4 Å². The average molecular weight is 507 g/mol. The Balaban J connectivity index is 1.31. The molecule has 0 radical (unpaired) electrons. The van der Waals surface area contributed by atoms with E-state index in [1.165, 1.54) is 5.56 Å². The van der Waals surface area contributed by atoms with Gasteiger partial charge in [0.25, 0.3) is 0 Å². The van der Waals surface area contributed by atoms with Crippen LogP contribution in [0.4, 0.5) is 0 Å². The number of thiazole rings is 1. The summed E-state index contributed by atoms with van der Waals surface area (Å²) in [7, 11) is -0.751. The van der Waals surface area contributed by atoms with Gasteiger partial charge in [0.05, 0.1) is 40.1 Å². The predicted molar refractivity (Wildman–Crippen MR) is 140 cm³/mol. The van der Waals surface area contributed by atoms with Crippen molar-refractivity contribution in [2.45, 2.75) is 25.3 Å². The molecule has 5 aromatic rings. The highest BCUT2D eigenvalue weighted by molar-refractivity contribution is 7.91. The van der Waals surface area contributed by atoms with Crippen molar-refractivity contribution in [1.29, 1.82) is 0 Å². The van der Waals surface area contributed by atoms with Gasteiger partial charge in [0.1, 0.15) is 21.3 Å². The Bertz CT molecular complexity index is 1590. The fourth-order valence-corrected chi connectivity index (χ4v) is 6.91. The first-order valence-electron chi connectivity index (χ1n) is 11.7. The first-order valence-corrected chi connectivity index (χ1v) is 14.5. The molecule has 5 heterocycles. The number of sulfone groups is 1. The van der Waals surface area contributed by atoms with E-state index in [4.69, 9.17) is 4.98 Å². The molecule has 6 rings (SSSR count). The Morgan fingerprint density at radius 3 is 2.83 bits per heavy atom. The number of fused-ring (bicyclic) bond motifs is 2. The van der Waals surface area contributed by atoms with Crippen LogP contribution in [0.1, 0.15) is 18.4 Å². The highest BCUT2D eigenvalue weighted by atomic mass is 32.2. The molecule has 35 heavy (non-hydrogen) atoms. The van der Waals surface area contributed by atoms with E-state index < -0.39 is 9.84 Å². The van der Waals surface area contributed by atoms with E-state index in [0.717, 1.165) is 52.1 Å². The number of aromatic amines is 1. The first-order chi connectivity index (χ1) is 17.0. The van der Waals surface area contributed by atoms with Crippen molar-refractivity contribution in [2.24, 2.45) is 0 Å². The summed E-state index contributed by atoms with van der Waals surface area (Å²) in [6, 6.07) is 10.7. The lowest BCUT2D eigenvalue weighted by atomic mass is 10.1. The van der Waals surface area contributed by atoms with E-state index in [2.05, 4.69) is 55.9 Å². The zero-order valence-electron chi connectivity index (χ0n) is 19.4. The number of nitrogens with zero attached hydrogens (tertiary/aromatic N) is 5. The molecule has 8 nitrogen and oxygen atoms in total. The molecule has 180 valence electrons. The van der Waals surface area contributed by atoms with Crippen LogP contribution in [-0.2, 0) is 16.3 Å². The van der Waals surface area contributed by atoms with Crippen molar-refractivity contribution in [3.8, 4) is 17.1 Å². The molecular formula is C25H26N6O2S2. The number of rotatable bonds is 6. The van der Waals surface area contributed by atoms with Crippen LogP contribution in [-0.4, -0.2) is 69.0 Å². The Morgan fingerprint density at radius 1 is 1.17 bits per heavy atom. The second-order valence-corrected chi connectivity index (χ2v) is 12.2. The number of pyridine rings is 1. The highest BCUT2D eigenvalue weighted by Gasteiger charge is 2.26. The molecule has 10 heteroatoms. The van der Waals surface area contributed by atoms with Crippen LogP contribution in [0.2, 0.25) is 0 Å². The van der Waals surface area contributed by atoms with Crippen LogP contribution in [0, 0.1) is 0 Å². The topological polar surface area (TPSA) is 96.8 Å². The lowest BCUT2D eigenvalue weighted by molar-refractivity contribution is 0.229. The summed E-state index contributed by atoms with van der Waals surface area (Å²) < 4.78 is 25.7. The second kappa shape index (κ2) is 8.85. The van der Waals surface area contributed by atoms with Crippen molar-refractivity contribution in [1.82, 2.24) is 29.4 Å². The predicted octanol–water partition coefficient (Wildman–Crippen LogP) is 4.08. The number of nitrogens with one attached hydrogen (secondary N) is 1. The van der Waals surface area contributed by atoms with E-state index >= 15 is 0 Å². The Morgan fingerprint density at radius 2 is 2.03 bits per heavy atom. The van der Waals surface area contributed by atoms with E-state index in [1.807, 2.05) is 23.0 Å². The number of benzene rings is 1. The third kappa shape index (κ3) is 4.37. The summed E-state index contributed by atoms with van der Waals surface area (Å²) in [5, 5.41) is 3.15. The molecule has 1 aromatic carbocycles. The third-order valence-corrected chi connectivity index (χ3v) is 9.29. The van der Waals surface area contributed by atoms with Gasteiger partial charge in [-0.1, -0.05) is 6.07 Å². The lowest BCUT2D eigenvalue weighted by Crippen LogP contribution is -2.39. The molecule has 0 spiro atoms. The standard InChI is InChI=1S/C25H26N6O2S2/c1-30(19-7-10-35(32,33)11-8-19)9-6-18-13-31(24-14-34-16-28-24)25-20(18)3-5-21(29-25)17-2-4-22-23(12-17)27-15-26-22/h2-5,12-16,19H,6-11H2,1H3,(H,26,27). The summed E-state index contributed by atoms with van der Waals surface area (Å²) >= 11 is 1.56. The van der Waals surface area contributed by atoms with Gasteiger partial charge < -0.3 is 9.88 Å². The number of imidazole rings is 1. The molecule has 1 aliphatic rings. The van der Waals surface area contributed by atoms with Crippen molar-refractivity contribution >= 4 is 43.2 Å². The maximum atomic E-state index is 11.8. The van der Waals surface area contributed by atoms with Gasteiger partial charge in [-0.3, -0.25) is 4.57 Å². The van der Waals surface area contributed by atoms with Gasteiger partial charge in [0.15, 0.2) is 0 Å². The highest BCUT2D eigenvalue weighted by Crippen LogP contribution is 2.29. The molecule has 0 amide bonds. The van der Waals surface area contributed by atoms with Crippen LogP contribution in [0.25, 0.3) is 39.1 Å². The van der Waals surface area contributed by atoms with Crippen LogP contribution < -0.4 is 0 Å². The molecule has 1 saturated heterocycles. The monoisotopic (exact) mass is 506 g/mol. The zero-order valence-corrected chi connectivity index (χ0v) is 21.0. The van der Waals surface area contributed by atoms with Crippen LogP contribution in [0.15, 0.2) is 53.7 Å². The minimum atomic E-state index is -2.85. The van der Waals surface area contributed by atoms with Gasteiger partial charge >= 0.3 is 0 Å². The minimum absolute atomic E-state index is 0.294. The maximum absolute atomic E-state index is 11.8. The third-order valence-electron chi connectivity index (χ3n) is 7.00. The summed E-state index contributed by atoms with van der Waals surface area (Å²) in [5.41, 5.74) is 7.79. The summed E-state index contributed by atoms with van der Waals surface area (Å²) in [6.45, 7) is 0.860. The van der Waals surface area contributed by atoms with Gasteiger partial charge in [-0.2, -0.15) is 0 Å². The molecule has 0 bridgehead atoms. The van der Waals surface area contributed by atoms with Crippen molar-refractivity contribution in [3.63, 3.8) is 0 Å². The minimum Gasteiger partial charge on any atom is -0.345 e. The van der Waals surface area contributed by atoms with Gasteiger partial charge in [-0.25, -0.2) is 23.4 Å². The van der Waals surface area contributed by atoms with Gasteiger partial charge in [-0.15, -0.1) is 11.3 Å². The van der Waals surface area contributed by atoms with E-state index in [-0.39, 0.29) is 0 Å². The molecule has 0 atom stereocenters. The van der Waals surface area contributed by atoms with Crippen LogP contribution in [0.3, 0.4) is 0 Å². The van der Waals surface area contributed by atoms with E-state index in [9.17, 15) is 8.42 Å². The zero-order chi connectivity index (χ0) is 24.0.